The topological polar surface area (TPSA) is 104 Å². The highest BCUT2D eigenvalue weighted by Gasteiger charge is 2.26. The number of aromatic nitrogens is 2. The van der Waals surface area contributed by atoms with E-state index in [1.165, 1.54) is 19.2 Å². The molecule has 0 spiro atoms. The van der Waals surface area contributed by atoms with Crippen molar-refractivity contribution in [2.75, 3.05) is 20.2 Å². The average molecular weight is 391 g/mol. The molecule has 27 heavy (non-hydrogen) atoms. The minimum absolute atomic E-state index is 0.0727. The first-order chi connectivity index (χ1) is 13.0. The summed E-state index contributed by atoms with van der Waals surface area (Å²) < 4.78 is 5.25. The molecule has 1 saturated heterocycles. The lowest BCUT2D eigenvalue weighted by atomic mass is 10.0. The molecule has 0 atom stereocenters. The Labute approximate surface area is 160 Å². The Morgan fingerprint density at radius 2 is 2.00 bits per heavy atom. The van der Waals surface area contributed by atoms with E-state index in [4.69, 9.17) is 16.3 Å². The number of likely N-dealkylation sites (tertiary alicyclic amines) is 1. The number of hydrogen-bond acceptors (Lipinski definition) is 5. The number of aromatic amines is 1. The van der Waals surface area contributed by atoms with Crippen LogP contribution in [0.5, 0.6) is 5.75 Å². The van der Waals surface area contributed by atoms with Gasteiger partial charge in [0.05, 0.1) is 12.7 Å². The van der Waals surface area contributed by atoms with Crippen molar-refractivity contribution in [2.45, 2.75) is 18.9 Å². The summed E-state index contributed by atoms with van der Waals surface area (Å²) in [5, 5.41) is 9.29. The summed E-state index contributed by atoms with van der Waals surface area (Å²) in [7, 11) is 1.51. The van der Waals surface area contributed by atoms with Gasteiger partial charge in [0.1, 0.15) is 11.4 Å². The van der Waals surface area contributed by atoms with Gasteiger partial charge in [-0.2, -0.15) is 5.10 Å². The predicted octanol–water partition coefficient (Wildman–Crippen LogP) is 1.47. The van der Waals surface area contributed by atoms with Crippen LogP contribution >= 0.6 is 11.6 Å². The van der Waals surface area contributed by atoms with Gasteiger partial charge >= 0.3 is 0 Å². The van der Waals surface area contributed by atoms with Crippen molar-refractivity contribution in [3.05, 3.63) is 57.0 Å². The van der Waals surface area contributed by atoms with Crippen LogP contribution in [0.1, 0.15) is 33.7 Å². The molecule has 9 heteroatoms. The van der Waals surface area contributed by atoms with Crippen molar-refractivity contribution >= 4 is 23.4 Å². The SMILES string of the molecule is COc1ccc(Cl)cc1C(=O)N1CCC(NC(=O)c2ccc(=O)[nH]n2)CC1. The normalized spacial score (nSPS) is 14.7. The summed E-state index contributed by atoms with van der Waals surface area (Å²) in [4.78, 5) is 37.7. The number of carbonyl (C=O) groups excluding carboxylic acids is 2. The third-order valence-corrected chi connectivity index (χ3v) is 4.66. The summed E-state index contributed by atoms with van der Waals surface area (Å²) in [6, 6.07) is 7.48. The third-order valence-electron chi connectivity index (χ3n) is 4.42. The Kier molecular flexibility index (Phi) is 5.75. The summed E-state index contributed by atoms with van der Waals surface area (Å²) in [6.45, 7) is 0.997. The van der Waals surface area contributed by atoms with Gasteiger partial charge in [0.2, 0.25) is 0 Å². The van der Waals surface area contributed by atoms with Gasteiger partial charge in [-0.3, -0.25) is 14.4 Å². The highest BCUT2D eigenvalue weighted by molar-refractivity contribution is 6.31. The van der Waals surface area contributed by atoms with E-state index in [1.54, 1.807) is 23.1 Å². The summed E-state index contributed by atoms with van der Waals surface area (Å²) in [5.41, 5.74) is 0.205. The lowest BCUT2D eigenvalue weighted by Crippen LogP contribution is -2.46. The van der Waals surface area contributed by atoms with E-state index in [1.807, 2.05) is 0 Å². The zero-order valence-corrected chi connectivity index (χ0v) is 15.5. The van der Waals surface area contributed by atoms with Gasteiger partial charge in [-0.15, -0.1) is 0 Å². The fourth-order valence-electron chi connectivity index (χ4n) is 2.97. The van der Waals surface area contributed by atoms with Gasteiger partial charge in [0, 0.05) is 30.2 Å². The van der Waals surface area contributed by atoms with Crippen molar-refractivity contribution in [3.63, 3.8) is 0 Å². The molecule has 1 aromatic heterocycles. The molecule has 8 nitrogen and oxygen atoms in total. The number of hydrogen-bond donors (Lipinski definition) is 2. The van der Waals surface area contributed by atoms with E-state index >= 15 is 0 Å². The number of piperidine rings is 1. The molecule has 1 aromatic carbocycles. The largest absolute Gasteiger partial charge is 0.496 e. The smallest absolute Gasteiger partial charge is 0.271 e. The van der Waals surface area contributed by atoms with E-state index in [-0.39, 0.29) is 29.1 Å². The number of halogens is 1. The zero-order chi connectivity index (χ0) is 19.4. The molecule has 0 bridgehead atoms. The van der Waals surface area contributed by atoms with Crippen LogP contribution in [0.3, 0.4) is 0 Å². The van der Waals surface area contributed by atoms with Gasteiger partial charge in [0.25, 0.3) is 17.4 Å². The third kappa shape index (κ3) is 4.46. The molecule has 0 radical (unpaired) electrons. The molecular formula is C18H19ClN4O4. The Morgan fingerprint density at radius 3 is 2.63 bits per heavy atom. The molecule has 3 rings (SSSR count). The number of nitrogens with one attached hydrogen (secondary N) is 2. The standard InChI is InChI=1S/C18H19ClN4O4/c1-27-15-4-2-11(19)10-13(15)18(26)23-8-6-12(7-9-23)20-17(25)14-3-5-16(24)22-21-14/h2-5,10,12H,6-9H2,1H3,(H,20,25)(H,22,24). The van der Waals surface area contributed by atoms with E-state index in [0.29, 0.717) is 42.3 Å². The zero-order valence-electron chi connectivity index (χ0n) is 14.7. The Balaban J connectivity index is 1.59. The Hall–Kier alpha value is -2.87. The molecule has 2 N–H and O–H groups in total. The van der Waals surface area contributed by atoms with Gasteiger partial charge in [0.15, 0.2) is 0 Å². The number of amides is 2. The first kappa shape index (κ1) is 18.9. The second kappa shape index (κ2) is 8.22. The molecule has 2 heterocycles. The fraction of sp³-hybridized carbons (Fsp3) is 0.333. The first-order valence-electron chi connectivity index (χ1n) is 8.47. The Bertz CT molecular complexity index is 886. The summed E-state index contributed by atoms with van der Waals surface area (Å²) in [5.74, 6) is -0.0297. The minimum Gasteiger partial charge on any atom is -0.496 e. The molecule has 2 aromatic rings. The van der Waals surface area contributed by atoms with Crippen molar-refractivity contribution < 1.29 is 14.3 Å². The molecular weight excluding hydrogens is 372 g/mol. The second-order valence-electron chi connectivity index (χ2n) is 6.19. The molecule has 142 valence electrons. The molecule has 0 aliphatic carbocycles. The number of benzene rings is 1. The van der Waals surface area contributed by atoms with Crippen molar-refractivity contribution in [1.82, 2.24) is 20.4 Å². The van der Waals surface area contributed by atoms with Crippen LogP contribution in [0, 0.1) is 0 Å². The van der Waals surface area contributed by atoms with Crippen LogP contribution in [0.2, 0.25) is 5.02 Å². The maximum absolute atomic E-state index is 12.8. The van der Waals surface area contributed by atoms with Crippen LogP contribution in [-0.2, 0) is 0 Å². The van der Waals surface area contributed by atoms with E-state index < -0.39 is 0 Å². The fourth-order valence-corrected chi connectivity index (χ4v) is 3.15. The van der Waals surface area contributed by atoms with Gasteiger partial charge in [-0.1, -0.05) is 11.6 Å². The predicted molar refractivity (Wildman–Crippen MR) is 99.3 cm³/mol. The van der Waals surface area contributed by atoms with Crippen molar-refractivity contribution in [3.8, 4) is 5.75 Å². The van der Waals surface area contributed by atoms with E-state index in [2.05, 4.69) is 15.5 Å². The first-order valence-corrected chi connectivity index (χ1v) is 8.85. The quantitative estimate of drug-likeness (QED) is 0.822. The number of methoxy groups -OCH3 is 1. The summed E-state index contributed by atoms with van der Waals surface area (Å²) in [6.07, 6.45) is 1.23. The highest BCUT2D eigenvalue weighted by atomic mass is 35.5. The number of ether oxygens (including phenoxy) is 1. The average Bonchev–Trinajstić information content (AvgIpc) is 2.68. The van der Waals surface area contributed by atoms with Crippen molar-refractivity contribution in [1.29, 1.82) is 0 Å². The molecule has 2 amide bonds. The van der Waals surface area contributed by atoms with E-state index in [0.717, 1.165) is 0 Å². The van der Waals surface area contributed by atoms with Gasteiger partial charge in [-0.25, -0.2) is 5.10 Å². The second-order valence-corrected chi connectivity index (χ2v) is 6.63. The number of rotatable bonds is 4. The highest BCUT2D eigenvalue weighted by Crippen LogP contribution is 2.25. The molecule has 0 saturated carbocycles. The minimum atomic E-state index is -0.366. The maximum atomic E-state index is 12.8. The molecule has 1 aliphatic heterocycles. The number of nitrogens with zero attached hydrogens (tertiary/aromatic N) is 2. The number of H-pyrrole nitrogens is 1. The van der Waals surface area contributed by atoms with E-state index in [9.17, 15) is 14.4 Å². The maximum Gasteiger partial charge on any atom is 0.271 e. The van der Waals surface area contributed by atoms with Crippen LogP contribution in [0.4, 0.5) is 0 Å². The van der Waals surface area contributed by atoms with Gasteiger partial charge < -0.3 is 15.0 Å². The number of carbonyl (C=O) groups is 2. The lowest BCUT2D eigenvalue weighted by molar-refractivity contribution is 0.0694. The molecule has 1 aliphatic rings. The summed E-state index contributed by atoms with van der Waals surface area (Å²) >= 11 is 6.00. The van der Waals surface area contributed by atoms with Gasteiger partial charge in [-0.05, 0) is 37.1 Å². The molecule has 0 unspecified atom stereocenters. The monoisotopic (exact) mass is 390 g/mol. The molecule has 1 fully saturated rings. The van der Waals surface area contributed by atoms with Crippen molar-refractivity contribution in [2.24, 2.45) is 0 Å². The van der Waals surface area contributed by atoms with Crippen LogP contribution in [-0.4, -0.2) is 53.2 Å². The van der Waals surface area contributed by atoms with Crippen LogP contribution in [0.25, 0.3) is 0 Å². The van der Waals surface area contributed by atoms with Crippen LogP contribution < -0.4 is 15.6 Å². The lowest BCUT2D eigenvalue weighted by Gasteiger charge is -2.32. The van der Waals surface area contributed by atoms with Crippen LogP contribution in [0.15, 0.2) is 35.1 Å². The Morgan fingerprint density at radius 1 is 1.26 bits per heavy atom.